The van der Waals surface area contributed by atoms with Crippen LogP contribution in [0.25, 0.3) is 11.0 Å². The normalized spacial score (nSPS) is 23.0. The van der Waals surface area contributed by atoms with E-state index in [1.54, 1.807) is 12.4 Å². The quantitative estimate of drug-likeness (QED) is 0.757. The average Bonchev–Trinajstić information content (AvgIpc) is 2.78. The first-order valence-electron chi connectivity index (χ1n) is 11.3. The van der Waals surface area contributed by atoms with Gasteiger partial charge in [0.1, 0.15) is 17.1 Å². The Morgan fingerprint density at radius 3 is 2.61 bits per heavy atom. The number of benzene rings is 1. The minimum absolute atomic E-state index is 0.171. The summed E-state index contributed by atoms with van der Waals surface area (Å²) in [4.78, 5) is 28.7. The van der Waals surface area contributed by atoms with E-state index in [0.717, 1.165) is 56.6 Å². The van der Waals surface area contributed by atoms with Crippen LogP contribution in [0.3, 0.4) is 0 Å². The second kappa shape index (κ2) is 9.19. The highest BCUT2D eigenvalue weighted by atomic mass is 16.2. The largest absolute Gasteiger partial charge is 0.367 e. The summed E-state index contributed by atoms with van der Waals surface area (Å²) >= 11 is 0. The van der Waals surface area contributed by atoms with Gasteiger partial charge >= 0.3 is 0 Å². The Morgan fingerprint density at radius 1 is 1.19 bits per heavy atom. The Labute approximate surface area is 184 Å². The number of carbonyl (C=O) groups is 1. The number of fused-ring (bicyclic) bond motifs is 1. The van der Waals surface area contributed by atoms with Crippen molar-refractivity contribution in [2.75, 3.05) is 45.2 Å². The summed E-state index contributed by atoms with van der Waals surface area (Å²) in [6.07, 6.45) is 7.18. The molecule has 2 aromatic rings. The molecule has 0 N–H and O–H groups in total. The lowest BCUT2D eigenvalue weighted by Gasteiger charge is -2.42. The van der Waals surface area contributed by atoms with Crippen molar-refractivity contribution in [3.63, 3.8) is 0 Å². The van der Waals surface area contributed by atoms with Gasteiger partial charge in [-0.2, -0.15) is 5.26 Å². The molecule has 4 rings (SSSR count). The first-order valence-corrected chi connectivity index (χ1v) is 11.3. The second-order valence-corrected chi connectivity index (χ2v) is 9.35. The molecule has 0 aliphatic carbocycles. The first-order chi connectivity index (χ1) is 15.0. The van der Waals surface area contributed by atoms with E-state index < -0.39 is 0 Å². The molecule has 7 heteroatoms. The zero-order valence-corrected chi connectivity index (χ0v) is 18.8. The van der Waals surface area contributed by atoms with Crippen molar-refractivity contribution in [1.29, 1.82) is 5.26 Å². The highest BCUT2D eigenvalue weighted by Gasteiger charge is 2.32. The van der Waals surface area contributed by atoms with Crippen molar-refractivity contribution in [3.05, 3.63) is 30.1 Å². The van der Waals surface area contributed by atoms with E-state index >= 15 is 0 Å². The third-order valence-corrected chi connectivity index (χ3v) is 6.95. The van der Waals surface area contributed by atoms with Crippen molar-refractivity contribution < 1.29 is 4.79 Å². The van der Waals surface area contributed by atoms with Gasteiger partial charge in [0, 0.05) is 45.0 Å². The summed E-state index contributed by atoms with van der Waals surface area (Å²) < 4.78 is 0. The number of carbonyl (C=O) groups excluding carboxylic acids is 1. The lowest BCUT2D eigenvalue weighted by molar-refractivity contribution is -0.133. The highest BCUT2D eigenvalue weighted by molar-refractivity contribution is 5.92. The van der Waals surface area contributed by atoms with Gasteiger partial charge < -0.3 is 14.7 Å². The van der Waals surface area contributed by atoms with E-state index in [0.29, 0.717) is 29.3 Å². The molecule has 164 valence electrons. The van der Waals surface area contributed by atoms with Crippen LogP contribution >= 0.6 is 0 Å². The lowest BCUT2D eigenvalue weighted by atomic mass is 9.91. The van der Waals surface area contributed by atoms with Crippen molar-refractivity contribution in [2.45, 2.75) is 38.6 Å². The van der Waals surface area contributed by atoms with Crippen molar-refractivity contribution >= 4 is 22.6 Å². The summed E-state index contributed by atoms with van der Waals surface area (Å²) in [5.74, 6) is 1.22. The maximum atomic E-state index is 13.1. The first kappa shape index (κ1) is 21.5. The highest BCUT2D eigenvalue weighted by Crippen LogP contribution is 2.31. The molecule has 2 fully saturated rings. The standard InChI is InChI=1S/C24H32N6O/c1-17-12-20(29(3)22(31)13-18-6-10-28(2)11-7-18)16-30(15-17)21-5-4-19(14-25)23-24(21)27-9-8-26-23/h4-5,8-9,17-18,20H,6-7,10-13,15-16H2,1-3H3/t17-,20+/m0/s1. The van der Waals surface area contributed by atoms with E-state index in [1.807, 2.05) is 24.1 Å². The molecule has 2 aliphatic rings. The molecule has 0 unspecified atom stereocenters. The van der Waals surface area contributed by atoms with Crippen LogP contribution in [0.1, 0.15) is 38.2 Å². The number of rotatable bonds is 4. The van der Waals surface area contributed by atoms with Crippen LogP contribution in [0.2, 0.25) is 0 Å². The van der Waals surface area contributed by atoms with E-state index in [4.69, 9.17) is 0 Å². The van der Waals surface area contributed by atoms with E-state index in [2.05, 4.69) is 39.8 Å². The predicted molar refractivity (Wildman–Crippen MR) is 122 cm³/mol. The van der Waals surface area contributed by atoms with Gasteiger partial charge in [-0.15, -0.1) is 0 Å². The smallest absolute Gasteiger partial charge is 0.222 e. The molecular formula is C24H32N6O. The van der Waals surface area contributed by atoms with Crippen molar-refractivity contribution in [3.8, 4) is 6.07 Å². The summed E-state index contributed by atoms with van der Waals surface area (Å²) in [5, 5.41) is 9.43. The van der Waals surface area contributed by atoms with Gasteiger partial charge in [0.05, 0.1) is 11.3 Å². The number of hydrogen-bond donors (Lipinski definition) is 0. The van der Waals surface area contributed by atoms with Crippen LogP contribution in [0.5, 0.6) is 0 Å². The van der Waals surface area contributed by atoms with Crippen LogP contribution in [-0.4, -0.2) is 72.0 Å². The topological polar surface area (TPSA) is 76.4 Å². The maximum Gasteiger partial charge on any atom is 0.222 e. The van der Waals surface area contributed by atoms with Crippen LogP contribution in [0, 0.1) is 23.2 Å². The number of aromatic nitrogens is 2. The van der Waals surface area contributed by atoms with Gasteiger partial charge in [-0.3, -0.25) is 14.8 Å². The maximum absolute atomic E-state index is 13.1. The molecule has 1 aromatic carbocycles. The number of amides is 1. The number of likely N-dealkylation sites (N-methyl/N-ethyl adjacent to an activating group) is 1. The van der Waals surface area contributed by atoms with E-state index in [9.17, 15) is 10.1 Å². The molecule has 0 saturated carbocycles. The van der Waals surface area contributed by atoms with Gasteiger partial charge in [0.2, 0.25) is 5.91 Å². The van der Waals surface area contributed by atoms with Gasteiger partial charge in [-0.25, -0.2) is 0 Å². The fraction of sp³-hybridized carbons (Fsp3) is 0.583. The molecule has 3 heterocycles. The monoisotopic (exact) mass is 420 g/mol. The van der Waals surface area contributed by atoms with Gasteiger partial charge in [-0.1, -0.05) is 6.92 Å². The minimum atomic E-state index is 0.171. The number of piperidine rings is 2. The molecule has 0 bridgehead atoms. The molecular weight excluding hydrogens is 388 g/mol. The number of hydrogen-bond acceptors (Lipinski definition) is 6. The minimum Gasteiger partial charge on any atom is -0.367 e. The Kier molecular flexibility index (Phi) is 6.38. The Hall–Kier alpha value is -2.72. The SMILES string of the molecule is C[C@H]1C[C@@H](N(C)C(=O)CC2CCN(C)CC2)CN(c2ccc(C#N)c3nccnc23)C1. The zero-order chi connectivity index (χ0) is 22.0. The summed E-state index contributed by atoms with van der Waals surface area (Å²) in [6.45, 7) is 6.10. The van der Waals surface area contributed by atoms with E-state index in [1.165, 1.54) is 0 Å². The number of nitriles is 1. The third-order valence-electron chi connectivity index (χ3n) is 6.95. The number of nitrogens with zero attached hydrogens (tertiary/aromatic N) is 6. The lowest BCUT2D eigenvalue weighted by Crippen LogP contribution is -2.51. The predicted octanol–water partition coefficient (Wildman–Crippen LogP) is 2.91. The van der Waals surface area contributed by atoms with E-state index in [-0.39, 0.29) is 11.9 Å². The summed E-state index contributed by atoms with van der Waals surface area (Å²) in [5.41, 5.74) is 2.94. The Bertz CT molecular complexity index is 978. The van der Waals surface area contributed by atoms with Crippen LogP contribution in [0.4, 0.5) is 5.69 Å². The van der Waals surface area contributed by atoms with Crippen LogP contribution < -0.4 is 4.90 Å². The summed E-state index contributed by atoms with van der Waals surface area (Å²) in [7, 11) is 4.12. The third kappa shape index (κ3) is 4.64. The van der Waals surface area contributed by atoms with Gasteiger partial charge in [-0.05, 0) is 63.4 Å². The Morgan fingerprint density at radius 2 is 1.90 bits per heavy atom. The fourth-order valence-corrected chi connectivity index (χ4v) is 5.04. The second-order valence-electron chi connectivity index (χ2n) is 9.35. The molecule has 2 saturated heterocycles. The molecule has 7 nitrogen and oxygen atoms in total. The van der Waals surface area contributed by atoms with Gasteiger partial charge in [0.25, 0.3) is 0 Å². The summed E-state index contributed by atoms with van der Waals surface area (Å²) in [6, 6.07) is 6.19. The number of anilines is 1. The molecule has 2 aliphatic heterocycles. The molecule has 31 heavy (non-hydrogen) atoms. The molecule has 0 radical (unpaired) electrons. The Balaban J connectivity index is 1.50. The average molecular weight is 421 g/mol. The van der Waals surface area contributed by atoms with Gasteiger partial charge in [0.15, 0.2) is 0 Å². The molecule has 1 aromatic heterocycles. The zero-order valence-electron chi connectivity index (χ0n) is 18.8. The van der Waals surface area contributed by atoms with Crippen LogP contribution in [-0.2, 0) is 4.79 Å². The van der Waals surface area contributed by atoms with Crippen LogP contribution in [0.15, 0.2) is 24.5 Å². The number of likely N-dealkylation sites (tertiary alicyclic amines) is 1. The van der Waals surface area contributed by atoms with Crippen molar-refractivity contribution in [1.82, 2.24) is 19.8 Å². The van der Waals surface area contributed by atoms with Crippen molar-refractivity contribution in [2.24, 2.45) is 11.8 Å². The molecule has 2 atom stereocenters. The molecule has 1 amide bonds. The fourth-order valence-electron chi connectivity index (χ4n) is 5.04. The molecule has 0 spiro atoms.